The van der Waals surface area contributed by atoms with E-state index in [4.69, 9.17) is 9.31 Å². The number of anilines is 1. The first-order valence-corrected chi connectivity index (χ1v) is 10.9. The zero-order chi connectivity index (χ0) is 18.6. The second-order valence-electron chi connectivity index (χ2n) is 6.76. The maximum Gasteiger partial charge on any atom is 0.495 e. The van der Waals surface area contributed by atoms with Crippen molar-refractivity contribution < 1.29 is 26.1 Å². The molecule has 0 N–H and O–H groups in total. The number of aromatic nitrogens is 1. The molecular weight excluding hydrogens is 355 g/mol. The number of rotatable bonds is 4. The molecule has 1 fully saturated rings. The molecule has 1 saturated heterocycles. The molecule has 1 aromatic heterocycles. The molecule has 1 aliphatic heterocycles. The summed E-state index contributed by atoms with van der Waals surface area (Å²) in [7, 11) is -8.87. The molecular formula is C13H21BN2O6S2. The third-order valence-corrected chi connectivity index (χ3v) is 7.29. The Hall–Kier alpha value is -1.17. The van der Waals surface area contributed by atoms with E-state index in [1.807, 2.05) is 27.7 Å². The summed E-state index contributed by atoms with van der Waals surface area (Å²) in [6.45, 7) is 7.53. The van der Waals surface area contributed by atoms with Gasteiger partial charge in [0.05, 0.1) is 23.7 Å². The highest BCUT2D eigenvalue weighted by molar-refractivity contribution is 8.09. The van der Waals surface area contributed by atoms with Crippen molar-refractivity contribution in [3.63, 3.8) is 0 Å². The highest BCUT2D eigenvalue weighted by atomic mass is 32.3. The van der Waals surface area contributed by atoms with Crippen LogP contribution in [0.3, 0.4) is 0 Å². The summed E-state index contributed by atoms with van der Waals surface area (Å²) in [6.07, 6.45) is 2.92. The molecule has 0 atom stereocenters. The Morgan fingerprint density at radius 1 is 1.00 bits per heavy atom. The zero-order valence-electron chi connectivity index (χ0n) is 14.5. The van der Waals surface area contributed by atoms with Gasteiger partial charge in [0.2, 0.25) is 20.0 Å². The minimum Gasteiger partial charge on any atom is -0.399 e. The number of sulfonamides is 2. The number of hydrogen-bond donors (Lipinski definition) is 0. The molecule has 134 valence electrons. The van der Waals surface area contributed by atoms with Gasteiger partial charge in [-0.1, -0.05) is 0 Å². The van der Waals surface area contributed by atoms with Gasteiger partial charge in [-0.15, -0.1) is 3.71 Å². The Morgan fingerprint density at radius 2 is 1.46 bits per heavy atom. The van der Waals surface area contributed by atoms with Gasteiger partial charge in [0.1, 0.15) is 0 Å². The molecule has 1 aliphatic rings. The van der Waals surface area contributed by atoms with Gasteiger partial charge >= 0.3 is 7.12 Å². The van der Waals surface area contributed by atoms with Gasteiger partial charge in [0.15, 0.2) is 5.82 Å². The lowest BCUT2D eigenvalue weighted by atomic mass is 9.80. The van der Waals surface area contributed by atoms with Crippen LogP contribution in [0.15, 0.2) is 18.3 Å². The molecule has 0 spiro atoms. The van der Waals surface area contributed by atoms with E-state index in [9.17, 15) is 16.8 Å². The maximum absolute atomic E-state index is 11.9. The normalized spacial score (nSPS) is 20.2. The summed E-state index contributed by atoms with van der Waals surface area (Å²) in [5.74, 6) is -0.229. The van der Waals surface area contributed by atoms with Gasteiger partial charge < -0.3 is 9.31 Å². The van der Waals surface area contributed by atoms with Crippen LogP contribution in [0.4, 0.5) is 5.82 Å². The van der Waals surface area contributed by atoms with Crippen molar-refractivity contribution in [1.29, 1.82) is 0 Å². The van der Waals surface area contributed by atoms with Crippen molar-refractivity contribution in [3.8, 4) is 0 Å². The molecule has 11 heteroatoms. The fourth-order valence-corrected chi connectivity index (χ4v) is 5.09. The maximum atomic E-state index is 11.9. The predicted molar refractivity (Wildman–Crippen MR) is 92.1 cm³/mol. The van der Waals surface area contributed by atoms with Crippen LogP contribution in [-0.2, 0) is 29.4 Å². The summed E-state index contributed by atoms with van der Waals surface area (Å²) in [4.78, 5) is 3.87. The Morgan fingerprint density at radius 3 is 1.88 bits per heavy atom. The van der Waals surface area contributed by atoms with Crippen molar-refractivity contribution >= 4 is 38.4 Å². The lowest BCUT2D eigenvalue weighted by molar-refractivity contribution is 0.00578. The highest BCUT2D eigenvalue weighted by Crippen LogP contribution is 2.36. The van der Waals surface area contributed by atoms with E-state index in [1.165, 1.54) is 12.3 Å². The van der Waals surface area contributed by atoms with Crippen LogP contribution in [0.1, 0.15) is 27.7 Å². The van der Waals surface area contributed by atoms with Crippen molar-refractivity contribution in [2.75, 3.05) is 16.2 Å². The van der Waals surface area contributed by atoms with Crippen molar-refractivity contribution in [2.24, 2.45) is 0 Å². The summed E-state index contributed by atoms with van der Waals surface area (Å²) < 4.78 is 59.5. The molecule has 8 nitrogen and oxygen atoms in total. The van der Waals surface area contributed by atoms with E-state index in [0.29, 0.717) is 5.46 Å². The van der Waals surface area contributed by atoms with Gasteiger partial charge in [0.25, 0.3) is 0 Å². The summed E-state index contributed by atoms with van der Waals surface area (Å²) >= 11 is 0. The van der Waals surface area contributed by atoms with Gasteiger partial charge in [0, 0.05) is 6.20 Å². The van der Waals surface area contributed by atoms with E-state index < -0.39 is 38.4 Å². The van der Waals surface area contributed by atoms with Crippen LogP contribution in [0, 0.1) is 0 Å². The molecule has 0 bridgehead atoms. The quantitative estimate of drug-likeness (QED) is 0.687. The molecule has 0 saturated carbocycles. The average molecular weight is 376 g/mol. The first-order valence-electron chi connectivity index (χ1n) is 7.17. The Kier molecular flexibility index (Phi) is 4.54. The van der Waals surface area contributed by atoms with E-state index in [0.717, 1.165) is 12.5 Å². The Labute approximate surface area is 143 Å². The van der Waals surface area contributed by atoms with Gasteiger partial charge in [-0.25, -0.2) is 21.8 Å². The second-order valence-corrected chi connectivity index (χ2v) is 10.7. The van der Waals surface area contributed by atoms with Crippen molar-refractivity contribution in [1.82, 2.24) is 4.98 Å². The highest BCUT2D eigenvalue weighted by Gasteiger charge is 2.51. The van der Waals surface area contributed by atoms with Crippen molar-refractivity contribution in [2.45, 2.75) is 38.9 Å². The molecule has 0 aromatic carbocycles. The zero-order valence-corrected chi connectivity index (χ0v) is 16.1. The van der Waals surface area contributed by atoms with Gasteiger partial charge in [-0.2, -0.15) is 0 Å². The minimum absolute atomic E-state index is 0.229. The van der Waals surface area contributed by atoms with Gasteiger partial charge in [-0.05, 0) is 45.3 Å². The van der Waals surface area contributed by atoms with Crippen LogP contribution >= 0.6 is 0 Å². The summed E-state index contributed by atoms with van der Waals surface area (Å²) in [6, 6.07) is 2.93. The summed E-state index contributed by atoms with van der Waals surface area (Å²) in [5, 5.41) is 0. The SMILES string of the molecule is CC1(C)OB(c2ccnc(N(S(C)(=O)=O)S(C)(=O)=O)c2)OC1(C)C. The largest absolute Gasteiger partial charge is 0.495 e. The molecule has 2 rings (SSSR count). The second kappa shape index (κ2) is 5.68. The van der Waals surface area contributed by atoms with E-state index in [-0.39, 0.29) is 9.53 Å². The van der Waals surface area contributed by atoms with Crippen LogP contribution in [0.2, 0.25) is 0 Å². The van der Waals surface area contributed by atoms with Crippen LogP contribution < -0.4 is 9.17 Å². The molecule has 0 radical (unpaired) electrons. The number of nitrogens with zero attached hydrogens (tertiary/aromatic N) is 2. The van der Waals surface area contributed by atoms with Crippen LogP contribution in [-0.4, -0.2) is 52.7 Å². The Balaban J connectivity index is 2.47. The topological polar surface area (TPSA) is 103 Å². The molecule has 2 heterocycles. The number of pyridine rings is 1. The third-order valence-electron chi connectivity index (χ3n) is 4.08. The fraction of sp³-hybridized carbons (Fsp3) is 0.615. The van der Waals surface area contributed by atoms with E-state index in [2.05, 4.69) is 4.98 Å². The van der Waals surface area contributed by atoms with Crippen LogP contribution in [0.25, 0.3) is 0 Å². The first-order chi connectivity index (χ1) is 10.7. The monoisotopic (exact) mass is 376 g/mol. The predicted octanol–water partition coefficient (Wildman–Crippen LogP) is 0.106. The fourth-order valence-electron chi connectivity index (χ4n) is 2.25. The van der Waals surface area contributed by atoms with E-state index in [1.54, 1.807) is 6.07 Å². The van der Waals surface area contributed by atoms with E-state index >= 15 is 0 Å². The molecule has 24 heavy (non-hydrogen) atoms. The summed E-state index contributed by atoms with van der Waals surface area (Å²) in [5.41, 5.74) is -0.668. The average Bonchev–Trinajstić information content (AvgIpc) is 2.55. The standard InChI is InChI=1S/C13H21BN2O6S2/c1-12(2)13(3,4)22-14(21-12)10-7-8-15-11(9-10)16(23(5,17)18)24(6,19)20/h7-9H,1-6H3. The molecule has 0 aliphatic carbocycles. The van der Waals surface area contributed by atoms with Gasteiger partial charge in [-0.3, -0.25) is 0 Å². The number of hydrogen-bond acceptors (Lipinski definition) is 7. The first kappa shape index (κ1) is 19.2. The smallest absolute Gasteiger partial charge is 0.399 e. The lowest BCUT2D eigenvalue weighted by Crippen LogP contribution is -2.41. The third kappa shape index (κ3) is 3.58. The van der Waals surface area contributed by atoms with Crippen LogP contribution in [0.5, 0.6) is 0 Å². The molecule has 0 unspecified atom stereocenters. The minimum atomic E-state index is -4.06. The molecule has 0 amide bonds. The Bertz CT molecular complexity index is 803. The lowest BCUT2D eigenvalue weighted by Gasteiger charge is -2.32. The van der Waals surface area contributed by atoms with Crippen molar-refractivity contribution in [3.05, 3.63) is 18.3 Å². The molecule has 1 aromatic rings.